The van der Waals surface area contributed by atoms with Crippen molar-refractivity contribution in [2.75, 3.05) is 11.9 Å². The van der Waals surface area contributed by atoms with E-state index < -0.39 is 0 Å². The lowest BCUT2D eigenvalue weighted by Gasteiger charge is -2.05. The van der Waals surface area contributed by atoms with Gasteiger partial charge in [0.05, 0.1) is 4.88 Å². The average Bonchev–Trinajstić information content (AvgIpc) is 3.03. The molecular weight excluding hydrogens is 296 g/mol. The molecule has 0 fully saturated rings. The molecule has 1 aromatic heterocycles. The zero-order chi connectivity index (χ0) is 15.2. The van der Waals surface area contributed by atoms with Crippen molar-refractivity contribution in [2.24, 2.45) is 0 Å². The molecule has 110 valence electrons. The van der Waals surface area contributed by atoms with Crippen molar-refractivity contribution in [1.82, 2.24) is 4.98 Å². The fourth-order valence-electron chi connectivity index (χ4n) is 1.89. The number of ether oxygens (including phenoxy) is 1. The third-order valence-electron chi connectivity index (χ3n) is 2.92. The van der Waals surface area contributed by atoms with Crippen molar-refractivity contribution in [1.29, 1.82) is 0 Å². The zero-order valence-corrected chi connectivity index (χ0v) is 12.5. The van der Waals surface area contributed by atoms with E-state index in [-0.39, 0.29) is 12.5 Å². The number of thiazole rings is 1. The van der Waals surface area contributed by atoms with E-state index in [2.05, 4.69) is 10.3 Å². The predicted octanol–water partition coefficient (Wildman–Crippen LogP) is 3.83. The van der Waals surface area contributed by atoms with Crippen molar-refractivity contribution in [3.05, 3.63) is 66.9 Å². The van der Waals surface area contributed by atoms with Gasteiger partial charge in [-0.25, -0.2) is 4.98 Å². The molecule has 1 N–H and O–H groups in total. The van der Waals surface area contributed by atoms with Crippen LogP contribution in [-0.2, 0) is 4.79 Å². The molecule has 22 heavy (non-hydrogen) atoms. The van der Waals surface area contributed by atoms with Crippen LogP contribution in [0.2, 0.25) is 0 Å². The number of amides is 1. The second kappa shape index (κ2) is 6.87. The van der Waals surface area contributed by atoms with Crippen molar-refractivity contribution >= 4 is 22.4 Å². The molecule has 5 heteroatoms. The van der Waals surface area contributed by atoms with Crippen molar-refractivity contribution in [3.63, 3.8) is 0 Å². The molecule has 0 saturated heterocycles. The van der Waals surface area contributed by atoms with Crippen molar-refractivity contribution in [3.8, 4) is 16.2 Å². The monoisotopic (exact) mass is 310 g/mol. The standard InChI is InChI=1S/C17H14N2O2S/c20-16(12-21-14-9-5-2-6-10-14)19-17-18-11-15(22-17)13-7-3-1-4-8-13/h1-11H,12H2,(H,18,19,20). The van der Waals surface area contributed by atoms with E-state index >= 15 is 0 Å². The number of nitrogens with zero attached hydrogens (tertiary/aromatic N) is 1. The molecule has 3 rings (SSSR count). The lowest BCUT2D eigenvalue weighted by atomic mass is 10.2. The number of carbonyl (C=O) groups is 1. The Kier molecular flexibility index (Phi) is 4.46. The van der Waals surface area contributed by atoms with Crippen LogP contribution in [0.4, 0.5) is 5.13 Å². The highest BCUT2D eigenvalue weighted by atomic mass is 32.1. The Bertz CT molecular complexity index is 742. The summed E-state index contributed by atoms with van der Waals surface area (Å²) in [5, 5.41) is 3.32. The van der Waals surface area contributed by atoms with Crippen LogP contribution in [-0.4, -0.2) is 17.5 Å². The number of nitrogens with one attached hydrogen (secondary N) is 1. The third kappa shape index (κ3) is 3.71. The molecule has 0 saturated carbocycles. The summed E-state index contributed by atoms with van der Waals surface area (Å²) in [5.74, 6) is 0.444. The van der Waals surface area contributed by atoms with Crippen LogP contribution in [0.5, 0.6) is 5.75 Å². The lowest BCUT2D eigenvalue weighted by molar-refractivity contribution is -0.118. The summed E-state index contributed by atoms with van der Waals surface area (Å²) in [4.78, 5) is 17.1. The van der Waals surface area contributed by atoms with E-state index in [9.17, 15) is 4.79 Å². The molecule has 0 aliphatic rings. The van der Waals surface area contributed by atoms with Gasteiger partial charge in [-0.3, -0.25) is 10.1 Å². The van der Waals surface area contributed by atoms with Crippen LogP contribution in [0.25, 0.3) is 10.4 Å². The molecule has 4 nitrogen and oxygen atoms in total. The second-order valence-electron chi connectivity index (χ2n) is 4.55. The molecule has 1 amide bonds. The molecule has 3 aromatic rings. The minimum atomic E-state index is -0.224. The molecule has 0 bridgehead atoms. The molecule has 1 heterocycles. The summed E-state index contributed by atoms with van der Waals surface area (Å²) >= 11 is 1.44. The van der Waals surface area contributed by atoms with Gasteiger partial charge in [0.15, 0.2) is 11.7 Å². The molecule has 0 aliphatic carbocycles. The van der Waals surface area contributed by atoms with Gasteiger partial charge in [0.1, 0.15) is 5.75 Å². The molecular formula is C17H14N2O2S. The first kappa shape index (κ1) is 14.3. The highest BCUT2D eigenvalue weighted by Crippen LogP contribution is 2.28. The summed E-state index contributed by atoms with van der Waals surface area (Å²) < 4.78 is 5.40. The Balaban J connectivity index is 1.57. The predicted molar refractivity (Wildman–Crippen MR) is 88.1 cm³/mol. The number of para-hydroxylation sites is 1. The van der Waals surface area contributed by atoms with Gasteiger partial charge in [0, 0.05) is 6.20 Å². The SMILES string of the molecule is O=C(COc1ccccc1)Nc1ncc(-c2ccccc2)s1. The van der Waals surface area contributed by atoms with Crippen LogP contribution in [0.1, 0.15) is 0 Å². The van der Waals surface area contributed by atoms with E-state index in [0.29, 0.717) is 10.9 Å². The smallest absolute Gasteiger partial charge is 0.264 e. The molecule has 2 aromatic carbocycles. The zero-order valence-electron chi connectivity index (χ0n) is 11.7. The summed E-state index contributed by atoms with van der Waals surface area (Å²) in [7, 11) is 0. The summed E-state index contributed by atoms with van der Waals surface area (Å²) in [6.07, 6.45) is 1.76. The van der Waals surface area contributed by atoms with Gasteiger partial charge >= 0.3 is 0 Å². The van der Waals surface area contributed by atoms with Gasteiger partial charge in [-0.2, -0.15) is 0 Å². The lowest BCUT2D eigenvalue weighted by Crippen LogP contribution is -2.19. The molecule has 0 atom stereocenters. The highest BCUT2D eigenvalue weighted by molar-refractivity contribution is 7.19. The van der Waals surface area contributed by atoms with Gasteiger partial charge in [-0.15, -0.1) is 0 Å². The maximum absolute atomic E-state index is 11.9. The fraction of sp³-hybridized carbons (Fsp3) is 0.0588. The van der Waals surface area contributed by atoms with Gasteiger partial charge in [-0.1, -0.05) is 59.9 Å². The first-order valence-electron chi connectivity index (χ1n) is 6.80. The van der Waals surface area contributed by atoms with Crippen LogP contribution in [0, 0.1) is 0 Å². The Labute approximate surface area is 132 Å². The summed E-state index contributed by atoms with van der Waals surface area (Å²) in [5.41, 5.74) is 1.08. The Hall–Kier alpha value is -2.66. The number of hydrogen-bond donors (Lipinski definition) is 1. The number of aromatic nitrogens is 1. The van der Waals surface area contributed by atoms with E-state index in [0.717, 1.165) is 10.4 Å². The van der Waals surface area contributed by atoms with Gasteiger partial charge in [-0.05, 0) is 17.7 Å². The largest absolute Gasteiger partial charge is 0.484 e. The second-order valence-corrected chi connectivity index (χ2v) is 5.58. The maximum Gasteiger partial charge on any atom is 0.264 e. The van der Waals surface area contributed by atoms with E-state index in [1.165, 1.54) is 11.3 Å². The highest BCUT2D eigenvalue weighted by Gasteiger charge is 2.08. The maximum atomic E-state index is 11.9. The third-order valence-corrected chi connectivity index (χ3v) is 3.89. The Morgan fingerprint density at radius 1 is 1.05 bits per heavy atom. The minimum Gasteiger partial charge on any atom is -0.484 e. The first-order valence-corrected chi connectivity index (χ1v) is 7.62. The van der Waals surface area contributed by atoms with Crippen molar-refractivity contribution < 1.29 is 9.53 Å². The van der Waals surface area contributed by atoms with Crippen LogP contribution < -0.4 is 10.1 Å². The average molecular weight is 310 g/mol. The molecule has 0 spiro atoms. The summed E-state index contributed by atoms with van der Waals surface area (Å²) in [6, 6.07) is 19.2. The number of anilines is 1. The van der Waals surface area contributed by atoms with Gasteiger partial charge < -0.3 is 4.74 Å². The van der Waals surface area contributed by atoms with Crippen LogP contribution >= 0.6 is 11.3 Å². The van der Waals surface area contributed by atoms with E-state index in [4.69, 9.17) is 4.74 Å². The number of benzene rings is 2. The molecule has 0 aliphatic heterocycles. The normalized spacial score (nSPS) is 10.2. The van der Waals surface area contributed by atoms with Crippen molar-refractivity contribution in [2.45, 2.75) is 0 Å². The number of hydrogen-bond acceptors (Lipinski definition) is 4. The Morgan fingerprint density at radius 3 is 2.45 bits per heavy atom. The number of carbonyl (C=O) groups excluding carboxylic acids is 1. The van der Waals surface area contributed by atoms with E-state index in [1.54, 1.807) is 6.20 Å². The van der Waals surface area contributed by atoms with Crippen LogP contribution in [0.3, 0.4) is 0 Å². The van der Waals surface area contributed by atoms with Gasteiger partial charge in [0.2, 0.25) is 0 Å². The first-order chi connectivity index (χ1) is 10.8. The quantitative estimate of drug-likeness (QED) is 0.779. The topological polar surface area (TPSA) is 51.2 Å². The Morgan fingerprint density at radius 2 is 1.73 bits per heavy atom. The summed E-state index contributed by atoms with van der Waals surface area (Å²) in [6.45, 7) is -0.0374. The molecule has 0 radical (unpaired) electrons. The fourth-order valence-corrected chi connectivity index (χ4v) is 2.73. The minimum absolute atomic E-state index is 0.0374. The molecule has 0 unspecified atom stereocenters. The number of rotatable bonds is 5. The van der Waals surface area contributed by atoms with Gasteiger partial charge in [0.25, 0.3) is 5.91 Å². The van der Waals surface area contributed by atoms with Crippen LogP contribution in [0.15, 0.2) is 66.9 Å². The van der Waals surface area contributed by atoms with E-state index in [1.807, 2.05) is 60.7 Å².